The number of hydrogen-bond acceptors (Lipinski definition) is 5. The summed E-state index contributed by atoms with van der Waals surface area (Å²) in [7, 11) is 1.43. The van der Waals surface area contributed by atoms with Gasteiger partial charge in [-0.3, -0.25) is 5.32 Å². The number of anilines is 1. The molecule has 0 radical (unpaired) electrons. The van der Waals surface area contributed by atoms with Crippen LogP contribution in [0.1, 0.15) is 5.56 Å². The smallest absolute Gasteiger partial charge is 0.411 e. The Morgan fingerprint density at radius 1 is 1.59 bits per heavy atom. The van der Waals surface area contributed by atoms with Gasteiger partial charge < -0.3 is 14.6 Å². The molecule has 2 N–H and O–H groups in total. The highest BCUT2D eigenvalue weighted by Gasteiger charge is 2.12. The zero-order valence-corrected chi connectivity index (χ0v) is 9.27. The number of benzene rings is 1. The molecule has 6 nitrogen and oxygen atoms in total. The fourth-order valence-electron chi connectivity index (χ4n) is 1.20. The molecule has 0 unspecified atom stereocenters. The van der Waals surface area contributed by atoms with Crippen molar-refractivity contribution in [2.75, 3.05) is 25.6 Å². The summed E-state index contributed by atoms with van der Waals surface area (Å²) < 4.78 is 9.65. The number of nitrogens with zero attached hydrogens (tertiary/aromatic N) is 1. The minimum Gasteiger partial charge on any atom is -0.495 e. The zero-order valence-electron chi connectivity index (χ0n) is 9.27. The number of nitriles is 1. The summed E-state index contributed by atoms with van der Waals surface area (Å²) in [4.78, 5) is 11.3. The van der Waals surface area contributed by atoms with Crippen LogP contribution >= 0.6 is 0 Å². The average Bonchev–Trinajstić information content (AvgIpc) is 2.36. The van der Waals surface area contributed by atoms with Gasteiger partial charge in [0.1, 0.15) is 24.1 Å². The third kappa shape index (κ3) is 3.36. The van der Waals surface area contributed by atoms with Crippen molar-refractivity contribution in [2.45, 2.75) is 0 Å². The number of ether oxygens (including phenoxy) is 2. The van der Waals surface area contributed by atoms with E-state index < -0.39 is 6.09 Å². The summed E-state index contributed by atoms with van der Waals surface area (Å²) >= 11 is 0. The molecule has 1 rings (SSSR count). The minimum absolute atomic E-state index is 0.108. The van der Waals surface area contributed by atoms with E-state index in [1.165, 1.54) is 7.11 Å². The van der Waals surface area contributed by atoms with E-state index in [-0.39, 0.29) is 24.5 Å². The van der Waals surface area contributed by atoms with Crippen LogP contribution < -0.4 is 10.1 Å². The van der Waals surface area contributed by atoms with Crippen molar-refractivity contribution >= 4 is 11.8 Å². The number of aliphatic hydroxyl groups is 1. The van der Waals surface area contributed by atoms with Crippen molar-refractivity contribution in [2.24, 2.45) is 0 Å². The molecule has 0 saturated carbocycles. The molecular formula is C11H12N2O4. The van der Waals surface area contributed by atoms with E-state index in [2.05, 4.69) is 10.1 Å². The SMILES string of the molecule is COc1cccc(C#N)c1NC(=O)OCCO. The highest BCUT2D eigenvalue weighted by atomic mass is 16.6. The Balaban J connectivity index is 2.88. The van der Waals surface area contributed by atoms with E-state index >= 15 is 0 Å². The Hall–Kier alpha value is -2.26. The van der Waals surface area contributed by atoms with E-state index in [0.29, 0.717) is 5.75 Å². The second kappa shape index (κ2) is 6.35. The van der Waals surface area contributed by atoms with Crippen LogP contribution in [0.5, 0.6) is 5.75 Å². The summed E-state index contributed by atoms with van der Waals surface area (Å²) in [5.41, 5.74) is 0.519. The van der Waals surface area contributed by atoms with Crippen LogP contribution in [0.2, 0.25) is 0 Å². The maximum absolute atomic E-state index is 11.3. The van der Waals surface area contributed by atoms with Gasteiger partial charge in [0.25, 0.3) is 0 Å². The molecule has 17 heavy (non-hydrogen) atoms. The van der Waals surface area contributed by atoms with Crippen LogP contribution in [0.25, 0.3) is 0 Å². The number of methoxy groups -OCH3 is 1. The molecule has 1 aromatic carbocycles. The van der Waals surface area contributed by atoms with E-state index in [4.69, 9.17) is 15.1 Å². The summed E-state index contributed by atoms with van der Waals surface area (Å²) in [6.07, 6.45) is -0.750. The molecule has 6 heteroatoms. The summed E-state index contributed by atoms with van der Waals surface area (Å²) in [5, 5.41) is 19.8. The van der Waals surface area contributed by atoms with Gasteiger partial charge in [-0.25, -0.2) is 4.79 Å². The van der Waals surface area contributed by atoms with Gasteiger partial charge in [-0.1, -0.05) is 6.07 Å². The third-order valence-electron chi connectivity index (χ3n) is 1.92. The number of nitrogens with one attached hydrogen (secondary N) is 1. The number of hydrogen-bond donors (Lipinski definition) is 2. The van der Waals surface area contributed by atoms with Gasteiger partial charge in [0, 0.05) is 0 Å². The first-order valence-electron chi connectivity index (χ1n) is 4.84. The Morgan fingerprint density at radius 2 is 2.35 bits per heavy atom. The van der Waals surface area contributed by atoms with Gasteiger partial charge in [0.05, 0.1) is 19.3 Å². The van der Waals surface area contributed by atoms with Crippen molar-refractivity contribution in [3.63, 3.8) is 0 Å². The van der Waals surface area contributed by atoms with Gasteiger partial charge in [-0.2, -0.15) is 5.26 Å². The highest BCUT2D eigenvalue weighted by molar-refractivity contribution is 5.89. The number of carbonyl (C=O) groups is 1. The van der Waals surface area contributed by atoms with Crippen LogP contribution in [0, 0.1) is 11.3 Å². The second-order valence-electron chi connectivity index (χ2n) is 2.98. The van der Waals surface area contributed by atoms with Crippen LogP contribution in [0.3, 0.4) is 0 Å². The maximum atomic E-state index is 11.3. The normalized spacial score (nSPS) is 9.24. The van der Waals surface area contributed by atoms with Gasteiger partial charge in [-0.05, 0) is 12.1 Å². The lowest BCUT2D eigenvalue weighted by Crippen LogP contribution is -2.17. The minimum atomic E-state index is -0.750. The number of carbonyl (C=O) groups excluding carboxylic acids is 1. The molecule has 90 valence electrons. The van der Waals surface area contributed by atoms with Crippen LogP contribution in [-0.4, -0.2) is 31.5 Å². The lowest BCUT2D eigenvalue weighted by molar-refractivity contribution is 0.131. The van der Waals surface area contributed by atoms with Crippen molar-refractivity contribution < 1.29 is 19.4 Å². The highest BCUT2D eigenvalue weighted by Crippen LogP contribution is 2.27. The molecule has 0 heterocycles. The first kappa shape index (κ1) is 12.8. The largest absolute Gasteiger partial charge is 0.495 e. The predicted molar refractivity (Wildman–Crippen MR) is 59.8 cm³/mol. The van der Waals surface area contributed by atoms with Gasteiger partial charge in [0.15, 0.2) is 0 Å². The fourth-order valence-corrected chi connectivity index (χ4v) is 1.20. The summed E-state index contributed by atoms with van der Waals surface area (Å²) in [5.74, 6) is 0.366. The Morgan fingerprint density at radius 3 is 2.94 bits per heavy atom. The number of aliphatic hydroxyl groups excluding tert-OH is 1. The van der Waals surface area contributed by atoms with Crippen LogP contribution in [0.4, 0.5) is 10.5 Å². The molecule has 0 bridgehead atoms. The molecule has 0 aliphatic heterocycles. The number of rotatable bonds is 4. The number of para-hydroxylation sites is 1. The Labute approximate surface area is 98.4 Å². The molecule has 0 aromatic heterocycles. The maximum Gasteiger partial charge on any atom is 0.411 e. The van der Waals surface area contributed by atoms with Crippen molar-refractivity contribution in [3.05, 3.63) is 23.8 Å². The monoisotopic (exact) mass is 236 g/mol. The van der Waals surface area contributed by atoms with Crippen molar-refractivity contribution in [1.82, 2.24) is 0 Å². The lowest BCUT2D eigenvalue weighted by atomic mass is 10.2. The second-order valence-corrected chi connectivity index (χ2v) is 2.98. The first-order valence-corrected chi connectivity index (χ1v) is 4.84. The van der Waals surface area contributed by atoms with Crippen LogP contribution in [0.15, 0.2) is 18.2 Å². The van der Waals surface area contributed by atoms with Crippen molar-refractivity contribution in [3.8, 4) is 11.8 Å². The molecule has 0 atom stereocenters. The summed E-state index contributed by atoms with van der Waals surface area (Å²) in [6, 6.07) is 6.73. The lowest BCUT2D eigenvalue weighted by Gasteiger charge is -2.11. The third-order valence-corrected chi connectivity index (χ3v) is 1.92. The van der Waals surface area contributed by atoms with Gasteiger partial charge in [0.2, 0.25) is 0 Å². The van der Waals surface area contributed by atoms with Crippen LogP contribution in [-0.2, 0) is 4.74 Å². The standard InChI is InChI=1S/C11H12N2O4/c1-16-9-4-2-3-8(7-12)10(9)13-11(15)17-6-5-14/h2-4,14H,5-6H2,1H3,(H,13,15). The number of amides is 1. The molecular weight excluding hydrogens is 224 g/mol. The van der Waals surface area contributed by atoms with Crippen molar-refractivity contribution in [1.29, 1.82) is 5.26 Å². The molecule has 0 saturated heterocycles. The van der Waals surface area contributed by atoms with E-state index in [1.54, 1.807) is 18.2 Å². The van der Waals surface area contributed by atoms with E-state index in [9.17, 15) is 4.79 Å². The van der Waals surface area contributed by atoms with Gasteiger partial charge in [-0.15, -0.1) is 0 Å². The fraction of sp³-hybridized carbons (Fsp3) is 0.273. The zero-order chi connectivity index (χ0) is 12.7. The molecule has 0 aliphatic carbocycles. The predicted octanol–water partition coefficient (Wildman–Crippen LogP) is 1.11. The molecule has 1 aromatic rings. The average molecular weight is 236 g/mol. The molecule has 0 fully saturated rings. The first-order chi connectivity index (χ1) is 8.22. The summed E-state index contributed by atoms with van der Waals surface area (Å²) in [6.45, 7) is -0.368. The Bertz CT molecular complexity index is 440. The van der Waals surface area contributed by atoms with E-state index in [0.717, 1.165) is 0 Å². The van der Waals surface area contributed by atoms with Gasteiger partial charge >= 0.3 is 6.09 Å². The molecule has 0 aliphatic rings. The quantitative estimate of drug-likeness (QED) is 0.816. The van der Waals surface area contributed by atoms with E-state index in [1.807, 2.05) is 6.07 Å². The Kier molecular flexibility index (Phi) is 4.78. The molecule has 0 spiro atoms. The topological polar surface area (TPSA) is 91.6 Å². The molecule has 1 amide bonds.